The van der Waals surface area contributed by atoms with E-state index in [9.17, 15) is 0 Å². The summed E-state index contributed by atoms with van der Waals surface area (Å²) in [6, 6.07) is 5.90. The van der Waals surface area contributed by atoms with Gasteiger partial charge in [0.15, 0.2) is 0 Å². The molecular formula is C13H21N3O. The van der Waals surface area contributed by atoms with Crippen molar-refractivity contribution >= 4 is 11.4 Å². The highest BCUT2D eigenvalue weighted by Gasteiger charge is 2.17. The molecule has 0 aromatic heterocycles. The maximum atomic E-state index is 5.76. The second kappa shape index (κ2) is 5.27. The van der Waals surface area contributed by atoms with Gasteiger partial charge in [0.2, 0.25) is 0 Å². The van der Waals surface area contributed by atoms with Crippen LogP contribution in [0.1, 0.15) is 6.42 Å². The Bertz CT molecular complexity index is 379. The van der Waals surface area contributed by atoms with E-state index in [4.69, 9.17) is 10.5 Å². The van der Waals surface area contributed by atoms with Crippen LogP contribution in [0.5, 0.6) is 5.75 Å². The van der Waals surface area contributed by atoms with Crippen LogP contribution in [0.3, 0.4) is 0 Å². The van der Waals surface area contributed by atoms with Gasteiger partial charge in [-0.15, -0.1) is 0 Å². The summed E-state index contributed by atoms with van der Waals surface area (Å²) in [4.78, 5) is 4.59. The first-order chi connectivity index (χ1) is 8.16. The fourth-order valence-corrected chi connectivity index (χ4v) is 2.10. The molecule has 94 valence electrons. The smallest absolute Gasteiger partial charge is 0.144 e. The van der Waals surface area contributed by atoms with Crippen LogP contribution in [-0.4, -0.2) is 45.2 Å². The summed E-state index contributed by atoms with van der Waals surface area (Å²) in [6.07, 6.45) is 1.16. The molecule has 1 aliphatic heterocycles. The first-order valence-electron chi connectivity index (χ1n) is 6.09. The van der Waals surface area contributed by atoms with Crippen molar-refractivity contribution in [3.8, 4) is 5.75 Å². The van der Waals surface area contributed by atoms with Gasteiger partial charge >= 0.3 is 0 Å². The molecule has 0 saturated carbocycles. The molecule has 1 aromatic rings. The molecule has 4 heteroatoms. The van der Waals surface area contributed by atoms with Gasteiger partial charge in [0.05, 0.1) is 12.2 Å². The molecular weight excluding hydrogens is 214 g/mol. The molecule has 1 aromatic carbocycles. The Hall–Kier alpha value is -1.42. The van der Waals surface area contributed by atoms with Crippen LogP contribution in [0.25, 0.3) is 0 Å². The summed E-state index contributed by atoms with van der Waals surface area (Å²) in [7, 11) is 4.21. The fourth-order valence-electron chi connectivity index (χ4n) is 2.10. The number of hydrogen-bond acceptors (Lipinski definition) is 4. The van der Waals surface area contributed by atoms with E-state index in [1.54, 1.807) is 0 Å². The molecule has 0 fully saturated rings. The third-order valence-corrected chi connectivity index (χ3v) is 2.98. The summed E-state index contributed by atoms with van der Waals surface area (Å²) in [5.74, 6) is 0.918. The van der Waals surface area contributed by atoms with Crippen LogP contribution < -0.4 is 15.4 Å². The molecule has 17 heavy (non-hydrogen) atoms. The zero-order valence-corrected chi connectivity index (χ0v) is 10.6. The van der Waals surface area contributed by atoms with E-state index in [0.717, 1.165) is 44.1 Å². The Morgan fingerprint density at radius 1 is 1.41 bits per heavy atom. The Balaban J connectivity index is 2.02. The zero-order chi connectivity index (χ0) is 12.3. The van der Waals surface area contributed by atoms with Gasteiger partial charge in [0.1, 0.15) is 12.4 Å². The fraction of sp³-hybridized carbons (Fsp3) is 0.538. The second-order valence-corrected chi connectivity index (χ2v) is 4.72. The maximum Gasteiger partial charge on any atom is 0.144 e. The number of hydrogen-bond donors (Lipinski definition) is 1. The molecule has 0 spiro atoms. The Labute approximate surface area is 103 Å². The van der Waals surface area contributed by atoms with Gasteiger partial charge in [-0.25, -0.2) is 0 Å². The molecule has 0 radical (unpaired) electrons. The number of fused-ring (bicyclic) bond motifs is 1. The molecule has 0 atom stereocenters. The Morgan fingerprint density at radius 2 is 2.24 bits per heavy atom. The second-order valence-electron chi connectivity index (χ2n) is 4.72. The molecule has 0 unspecified atom stereocenters. The number of ether oxygens (including phenoxy) is 1. The summed E-state index contributed by atoms with van der Waals surface area (Å²) in [5.41, 5.74) is 7.70. The van der Waals surface area contributed by atoms with Crippen molar-refractivity contribution in [2.24, 2.45) is 0 Å². The van der Waals surface area contributed by atoms with Gasteiger partial charge in [0.25, 0.3) is 0 Å². The molecule has 0 saturated heterocycles. The predicted molar refractivity (Wildman–Crippen MR) is 71.7 cm³/mol. The molecule has 0 aliphatic carbocycles. The largest absolute Gasteiger partial charge is 0.489 e. The maximum absolute atomic E-state index is 5.76. The lowest BCUT2D eigenvalue weighted by atomic mass is 10.2. The van der Waals surface area contributed by atoms with Crippen molar-refractivity contribution in [1.29, 1.82) is 0 Å². The van der Waals surface area contributed by atoms with Crippen molar-refractivity contribution < 1.29 is 4.74 Å². The van der Waals surface area contributed by atoms with E-state index < -0.39 is 0 Å². The summed E-state index contributed by atoms with van der Waals surface area (Å²) >= 11 is 0. The van der Waals surface area contributed by atoms with Crippen molar-refractivity contribution in [2.75, 3.05) is 51.0 Å². The first-order valence-corrected chi connectivity index (χ1v) is 6.09. The standard InChI is InChI=1S/C13H21N3O/c1-15(2)6-3-7-16-8-9-17-13-10-11(14)4-5-12(13)16/h4-5,10H,3,6-9,14H2,1-2H3. The third kappa shape index (κ3) is 3.03. The van der Waals surface area contributed by atoms with Gasteiger partial charge in [-0.05, 0) is 39.2 Å². The minimum Gasteiger partial charge on any atom is -0.489 e. The van der Waals surface area contributed by atoms with E-state index in [0.29, 0.717) is 0 Å². The van der Waals surface area contributed by atoms with E-state index >= 15 is 0 Å². The Morgan fingerprint density at radius 3 is 3.00 bits per heavy atom. The molecule has 1 aliphatic rings. The summed E-state index contributed by atoms with van der Waals surface area (Å²) < 4.78 is 5.63. The predicted octanol–water partition coefficient (Wildman–Crippen LogP) is 1.42. The zero-order valence-electron chi connectivity index (χ0n) is 10.6. The summed E-state index contributed by atoms with van der Waals surface area (Å²) in [5, 5.41) is 0. The van der Waals surface area contributed by atoms with Crippen molar-refractivity contribution in [2.45, 2.75) is 6.42 Å². The van der Waals surface area contributed by atoms with Gasteiger partial charge in [-0.1, -0.05) is 0 Å². The average molecular weight is 235 g/mol. The van der Waals surface area contributed by atoms with Crippen molar-refractivity contribution in [1.82, 2.24) is 4.90 Å². The summed E-state index contributed by atoms with van der Waals surface area (Å²) in [6.45, 7) is 3.89. The van der Waals surface area contributed by atoms with Crippen molar-refractivity contribution in [3.63, 3.8) is 0 Å². The number of nitrogens with zero attached hydrogens (tertiary/aromatic N) is 2. The topological polar surface area (TPSA) is 41.7 Å². The molecule has 2 rings (SSSR count). The van der Waals surface area contributed by atoms with Crippen LogP contribution in [0, 0.1) is 0 Å². The van der Waals surface area contributed by atoms with E-state index in [1.165, 1.54) is 5.69 Å². The molecule has 0 amide bonds. The number of nitrogens with two attached hydrogens (primary N) is 1. The lowest BCUT2D eigenvalue weighted by Gasteiger charge is -2.31. The van der Waals surface area contributed by atoms with Gasteiger partial charge < -0.3 is 20.3 Å². The van der Waals surface area contributed by atoms with Crippen LogP contribution in [0.15, 0.2) is 18.2 Å². The molecule has 0 bridgehead atoms. The van der Waals surface area contributed by atoms with E-state index in [2.05, 4.69) is 30.0 Å². The minimum absolute atomic E-state index is 0.748. The third-order valence-electron chi connectivity index (χ3n) is 2.98. The quantitative estimate of drug-likeness (QED) is 0.801. The molecule has 1 heterocycles. The lowest BCUT2D eigenvalue weighted by molar-refractivity contribution is 0.305. The lowest BCUT2D eigenvalue weighted by Crippen LogP contribution is -2.34. The van der Waals surface area contributed by atoms with Gasteiger partial charge in [-0.3, -0.25) is 0 Å². The highest BCUT2D eigenvalue weighted by Crippen LogP contribution is 2.33. The number of rotatable bonds is 4. The van der Waals surface area contributed by atoms with E-state index in [1.807, 2.05) is 12.1 Å². The van der Waals surface area contributed by atoms with Crippen molar-refractivity contribution in [3.05, 3.63) is 18.2 Å². The van der Waals surface area contributed by atoms with E-state index in [-0.39, 0.29) is 0 Å². The molecule has 2 N–H and O–H groups in total. The number of benzene rings is 1. The number of anilines is 2. The number of nitrogen functional groups attached to an aromatic ring is 1. The molecule has 4 nitrogen and oxygen atoms in total. The normalized spacial score (nSPS) is 14.6. The average Bonchev–Trinajstić information content (AvgIpc) is 2.28. The highest BCUT2D eigenvalue weighted by molar-refractivity contribution is 5.64. The SMILES string of the molecule is CN(C)CCCN1CCOc2cc(N)ccc21. The highest BCUT2D eigenvalue weighted by atomic mass is 16.5. The van der Waals surface area contributed by atoms with Crippen LogP contribution >= 0.6 is 0 Å². The monoisotopic (exact) mass is 235 g/mol. The van der Waals surface area contributed by atoms with Crippen LogP contribution in [0.2, 0.25) is 0 Å². The van der Waals surface area contributed by atoms with Crippen LogP contribution in [-0.2, 0) is 0 Å². The minimum atomic E-state index is 0.748. The van der Waals surface area contributed by atoms with Crippen LogP contribution in [0.4, 0.5) is 11.4 Å². The Kier molecular flexibility index (Phi) is 3.74. The van der Waals surface area contributed by atoms with Gasteiger partial charge in [-0.2, -0.15) is 0 Å². The van der Waals surface area contributed by atoms with Gasteiger partial charge in [0, 0.05) is 18.3 Å². The first kappa shape index (κ1) is 12.0.